The highest BCUT2D eigenvalue weighted by Gasteiger charge is 2.49. The highest BCUT2D eigenvalue weighted by molar-refractivity contribution is 5.85. The third kappa shape index (κ3) is 3.35. The van der Waals surface area contributed by atoms with Crippen molar-refractivity contribution < 1.29 is 27.2 Å². The molecule has 0 saturated carbocycles. The largest absolute Gasteiger partial charge is 0.383 e. The summed E-state index contributed by atoms with van der Waals surface area (Å²) in [5.74, 6) is -7.74. The Balaban J connectivity index is 4.45. The molecule has 94 valence electrons. The van der Waals surface area contributed by atoms with E-state index in [1.807, 2.05) is 0 Å². The zero-order chi connectivity index (χ0) is 13.1. The SMILES string of the molecule is CC(C)(CNC(=O)C(F)(F)C(F)F)C(N)=O. The van der Waals surface area contributed by atoms with Crippen LogP contribution in [0.15, 0.2) is 0 Å². The number of rotatable bonds is 5. The minimum atomic E-state index is -4.77. The van der Waals surface area contributed by atoms with Gasteiger partial charge in [0.05, 0.1) is 5.41 Å². The summed E-state index contributed by atoms with van der Waals surface area (Å²) in [6.07, 6.45) is -4.09. The van der Waals surface area contributed by atoms with Gasteiger partial charge in [0.25, 0.3) is 5.91 Å². The molecule has 0 aliphatic rings. The Kier molecular flexibility index (Phi) is 4.28. The standard InChI is InChI=1S/C8H12F4N2O2/c1-7(2,5(13)15)3-14-6(16)8(11,12)4(9)10/h4H,3H2,1-2H3,(H2,13,15)(H,14,16). The van der Waals surface area contributed by atoms with E-state index in [1.165, 1.54) is 13.8 Å². The molecule has 2 amide bonds. The summed E-state index contributed by atoms with van der Waals surface area (Å²) >= 11 is 0. The third-order valence-electron chi connectivity index (χ3n) is 1.93. The Morgan fingerprint density at radius 2 is 1.75 bits per heavy atom. The highest BCUT2D eigenvalue weighted by Crippen LogP contribution is 2.23. The van der Waals surface area contributed by atoms with Crippen LogP contribution in [0.25, 0.3) is 0 Å². The number of nitrogens with one attached hydrogen (secondary N) is 1. The first-order valence-electron chi connectivity index (χ1n) is 4.26. The summed E-state index contributed by atoms with van der Waals surface area (Å²) in [6.45, 7) is 2.04. The van der Waals surface area contributed by atoms with Crippen LogP contribution >= 0.6 is 0 Å². The Hall–Kier alpha value is -1.34. The van der Waals surface area contributed by atoms with E-state index in [0.29, 0.717) is 0 Å². The number of primary amides is 1. The Morgan fingerprint density at radius 3 is 2.06 bits per heavy atom. The van der Waals surface area contributed by atoms with Crippen molar-refractivity contribution >= 4 is 11.8 Å². The summed E-state index contributed by atoms with van der Waals surface area (Å²) in [4.78, 5) is 21.4. The molecule has 0 aromatic rings. The fourth-order valence-corrected chi connectivity index (χ4v) is 0.605. The Labute approximate surface area is 89.2 Å². The molecule has 8 heteroatoms. The molecule has 0 aliphatic carbocycles. The van der Waals surface area contributed by atoms with Crippen LogP contribution < -0.4 is 11.1 Å². The van der Waals surface area contributed by atoms with Gasteiger partial charge in [-0.2, -0.15) is 8.78 Å². The minimum Gasteiger partial charge on any atom is -0.369 e. The summed E-state index contributed by atoms with van der Waals surface area (Å²) in [6, 6.07) is 0. The number of hydrogen-bond donors (Lipinski definition) is 2. The van der Waals surface area contributed by atoms with Crippen molar-refractivity contribution in [1.82, 2.24) is 5.32 Å². The molecule has 0 rings (SSSR count). The molecule has 0 aromatic carbocycles. The van der Waals surface area contributed by atoms with Crippen LogP contribution in [0.5, 0.6) is 0 Å². The van der Waals surface area contributed by atoms with E-state index < -0.39 is 36.1 Å². The molecule has 0 radical (unpaired) electrons. The Morgan fingerprint density at radius 1 is 1.31 bits per heavy atom. The molecule has 0 atom stereocenters. The van der Waals surface area contributed by atoms with Gasteiger partial charge >= 0.3 is 12.3 Å². The van der Waals surface area contributed by atoms with E-state index >= 15 is 0 Å². The van der Waals surface area contributed by atoms with Crippen molar-refractivity contribution in [2.75, 3.05) is 6.54 Å². The smallest absolute Gasteiger partial charge is 0.369 e. The molecule has 0 unspecified atom stereocenters. The summed E-state index contributed by atoms with van der Waals surface area (Å²) < 4.78 is 48.4. The van der Waals surface area contributed by atoms with Gasteiger partial charge in [-0.15, -0.1) is 0 Å². The third-order valence-corrected chi connectivity index (χ3v) is 1.93. The van der Waals surface area contributed by atoms with Gasteiger partial charge in [-0.1, -0.05) is 0 Å². The molecule has 0 aromatic heterocycles. The van der Waals surface area contributed by atoms with E-state index in [-0.39, 0.29) is 0 Å². The quantitative estimate of drug-likeness (QED) is 0.692. The minimum absolute atomic E-state index is 0.538. The van der Waals surface area contributed by atoms with Crippen molar-refractivity contribution in [2.24, 2.45) is 11.1 Å². The van der Waals surface area contributed by atoms with Crippen LogP contribution in [0.2, 0.25) is 0 Å². The number of hydrogen-bond acceptors (Lipinski definition) is 2. The number of carbonyl (C=O) groups is 2. The normalized spacial score (nSPS) is 12.7. The highest BCUT2D eigenvalue weighted by atomic mass is 19.3. The van der Waals surface area contributed by atoms with E-state index in [9.17, 15) is 27.2 Å². The zero-order valence-electron chi connectivity index (χ0n) is 8.69. The molecule has 0 heterocycles. The lowest BCUT2D eigenvalue weighted by molar-refractivity contribution is -0.169. The summed E-state index contributed by atoms with van der Waals surface area (Å²) in [7, 11) is 0. The fraction of sp³-hybridized carbons (Fsp3) is 0.750. The zero-order valence-corrected chi connectivity index (χ0v) is 8.69. The van der Waals surface area contributed by atoms with Crippen molar-refractivity contribution in [1.29, 1.82) is 0 Å². The van der Waals surface area contributed by atoms with Crippen LogP contribution in [0.1, 0.15) is 13.8 Å². The van der Waals surface area contributed by atoms with Gasteiger partial charge in [0.15, 0.2) is 0 Å². The average Bonchev–Trinajstić information content (AvgIpc) is 2.13. The van der Waals surface area contributed by atoms with E-state index in [0.717, 1.165) is 0 Å². The lowest BCUT2D eigenvalue weighted by Crippen LogP contribution is -2.50. The van der Waals surface area contributed by atoms with Crippen molar-refractivity contribution in [3.05, 3.63) is 0 Å². The first-order chi connectivity index (χ1) is 7.01. The number of halogens is 4. The van der Waals surface area contributed by atoms with Gasteiger partial charge in [-0.25, -0.2) is 8.78 Å². The van der Waals surface area contributed by atoms with Crippen LogP contribution in [-0.2, 0) is 9.59 Å². The monoisotopic (exact) mass is 244 g/mol. The molecule has 3 N–H and O–H groups in total. The first kappa shape index (κ1) is 14.7. The van der Waals surface area contributed by atoms with Crippen LogP contribution in [0, 0.1) is 5.41 Å². The average molecular weight is 244 g/mol. The van der Waals surface area contributed by atoms with E-state index in [2.05, 4.69) is 0 Å². The van der Waals surface area contributed by atoms with Crippen LogP contribution in [0.3, 0.4) is 0 Å². The topological polar surface area (TPSA) is 72.2 Å². The van der Waals surface area contributed by atoms with Crippen molar-refractivity contribution in [3.8, 4) is 0 Å². The molecular weight excluding hydrogens is 232 g/mol. The second-order valence-corrected chi connectivity index (χ2v) is 3.85. The summed E-state index contributed by atoms with van der Waals surface area (Å²) in [5.41, 5.74) is 3.62. The summed E-state index contributed by atoms with van der Waals surface area (Å²) in [5, 5.41) is 1.56. The molecule has 16 heavy (non-hydrogen) atoms. The van der Waals surface area contributed by atoms with Gasteiger partial charge in [-0.3, -0.25) is 9.59 Å². The van der Waals surface area contributed by atoms with Gasteiger partial charge in [0.1, 0.15) is 0 Å². The molecule has 0 fully saturated rings. The van der Waals surface area contributed by atoms with Crippen molar-refractivity contribution in [2.45, 2.75) is 26.2 Å². The maximum atomic E-state index is 12.4. The van der Waals surface area contributed by atoms with Gasteiger partial charge < -0.3 is 11.1 Å². The maximum Gasteiger partial charge on any atom is 0.383 e. The predicted octanol–water partition coefficient (Wildman–Crippen LogP) is 0.514. The predicted molar refractivity (Wildman–Crippen MR) is 46.9 cm³/mol. The number of alkyl halides is 4. The molecule has 4 nitrogen and oxygen atoms in total. The Bertz CT molecular complexity index is 292. The van der Waals surface area contributed by atoms with E-state index in [1.54, 1.807) is 5.32 Å². The number of nitrogens with two attached hydrogens (primary N) is 1. The molecule has 0 saturated heterocycles. The lowest BCUT2D eigenvalue weighted by atomic mass is 9.93. The molecular formula is C8H12F4N2O2. The lowest BCUT2D eigenvalue weighted by Gasteiger charge is -2.22. The molecule has 0 aliphatic heterocycles. The van der Waals surface area contributed by atoms with Gasteiger partial charge in [-0.05, 0) is 13.8 Å². The van der Waals surface area contributed by atoms with Gasteiger partial charge in [0, 0.05) is 6.54 Å². The second-order valence-electron chi connectivity index (χ2n) is 3.85. The maximum absolute atomic E-state index is 12.4. The first-order valence-corrected chi connectivity index (χ1v) is 4.26. The van der Waals surface area contributed by atoms with Crippen LogP contribution in [0.4, 0.5) is 17.6 Å². The molecule has 0 spiro atoms. The van der Waals surface area contributed by atoms with E-state index in [4.69, 9.17) is 5.73 Å². The number of amides is 2. The van der Waals surface area contributed by atoms with Gasteiger partial charge in [0.2, 0.25) is 5.91 Å². The van der Waals surface area contributed by atoms with Crippen LogP contribution in [-0.4, -0.2) is 30.7 Å². The molecule has 0 bridgehead atoms. The second kappa shape index (κ2) is 4.67. The number of carbonyl (C=O) groups excluding carboxylic acids is 2. The van der Waals surface area contributed by atoms with Crippen molar-refractivity contribution in [3.63, 3.8) is 0 Å². The fourth-order valence-electron chi connectivity index (χ4n) is 0.605.